The fourth-order valence-electron chi connectivity index (χ4n) is 1.45. The van der Waals surface area contributed by atoms with Crippen molar-refractivity contribution >= 4 is 40.1 Å². The van der Waals surface area contributed by atoms with Gasteiger partial charge in [-0.3, -0.25) is 4.79 Å². The van der Waals surface area contributed by atoms with Crippen LogP contribution in [0.2, 0.25) is 5.02 Å². The first-order valence-corrected chi connectivity index (χ1v) is 6.40. The third-order valence-electron chi connectivity index (χ3n) is 2.71. The highest BCUT2D eigenvalue weighted by molar-refractivity contribution is 14.1. The van der Waals surface area contributed by atoms with E-state index in [2.05, 4.69) is 27.9 Å². The Morgan fingerprint density at radius 1 is 1.56 bits per heavy atom. The van der Waals surface area contributed by atoms with Crippen LogP contribution in [0.1, 0.15) is 23.2 Å². The zero-order chi connectivity index (χ0) is 11.8. The number of carbonyl (C=O) groups excluding carboxylic acids is 1. The van der Waals surface area contributed by atoms with Crippen molar-refractivity contribution < 1.29 is 9.90 Å². The Kier molecular flexibility index (Phi) is 3.42. The van der Waals surface area contributed by atoms with Gasteiger partial charge in [0.15, 0.2) is 0 Å². The number of aliphatic hydroxyl groups is 1. The smallest absolute Gasteiger partial charge is 0.252 e. The molecule has 2 N–H and O–H groups in total. The number of rotatable bonds is 3. The van der Waals surface area contributed by atoms with E-state index in [1.54, 1.807) is 18.2 Å². The lowest BCUT2D eigenvalue weighted by atomic mass is 10.2. The largest absolute Gasteiger partial charge is 0.394 e. The molecular weight excluding hydrogens is 340 g/mol. The molecule has 16 heavy (non-hydrogen) atoms. The van der Waals surface area contributed by atoms with Crippen molar-refractivity contribution in [2.45, 2.75) is 18.4 Å². The molecule has 0 heterocycles. The minimum atomic E-state index is -0.386. The Bertz CT molecular complexity index is 432. The molecule has 1 aromatic carbocycles. The lowest BCUT2D eigenvalue weighted by Crippen LogP contribution is -2.39. The third-order valence-corrected chi connectivity index (χ3v) is 3.88. The van der Waals surface area contributed by atoms with Crippen LogP contribution in [-0.2, 0) is 0 Å². The van der Waals surface area contributed by atoms with E-state index in [4.69, 9.17) is 16.7 Å². The summed E-state index contributed by atoms with van der Waals surface area (Å²) in [4.78, 5) is 11.9. The Morgan fingerprint density at radius 3 is 2.81 bits per heavy atom. The zero-order valence-corrected chi connectivity index (χ0v) is 11.4. The van der Waals surface area contributed by atoms with Crippen LogP contribution in [0.4, 0.5) is 0 Å². The maximum absolute atomic E-state index is 11.9. The predicted molar refractivity (Wildman–Crippen MR) is 70.7 cm³/mol. The van der Waals surface area contributed by atoms with Crippen LogP contribution >= 0.6 is 34.2 Å². The standard InChI is InChI=1S/C11H11ClINO2/c12-7-1-2-9(13)8(5-7)10(16)14-11(6-15)3-4-11/h1-2,5,15H,3-4,6H2,(H,14,16). The molecule has 0 spiro atoms. The molecule has 0 saturated heterocycles. The average molecular weight is 352 g/mol. The van der Waals surface area contributed by atoms with Crippen molar-refractivity contribution in [3.63, 3.8) is 0 Å². The summed E-state index contributed by atoms with van der Waals surface area (Å²) in [5, 5.41) is 12.5. The molecule has 0 aliphatic heterocycles. The first kappa shape index (κ1) is 12.1. The van der Waals surface area contributed by atoms with Crippen molar-refractivity contribution in [3.05, 3.63) is 32.4 Å². The number of amides is 1. The van der Waals surface area contributed by atoms with Gasteiger partial charge in [-0.2, -0.15) is 0 Å². The SMILES string of the molecule is O=C(NC1(CO)CC1)c1cc(Cl)ccc1I. The second-order valence-corrected chi connectivity index (χ2v) is 5.62. The maximum Gasteiger partial charge on any atom is 0.252 e. The van der Waals surface area contributed by atoms with Crippen LogP contribution in [0.15, 0.2) is 18.2 Å². The van der Waals surface area contributed by atoms with Gasteiger partial charge in [0.2, 0.25) is 0 Å². The molecular formula is C11H11ClINO2. The molecule has 1 fully saturated rings. The first-order valence-electron chi connectivity index (χ1n) is 4.95. The second kappa shape index (κ2) is 4.50. The van der Waals surface area contributed by atoms with Crippen molar-refractivity contribution in [1.29, 1.82) is 0 Å². The van der Waals surface area contributed by atoms with Crippen molar-refractivity contribution in [1.82, 2.24) is 5.32 Å². The molecule has 2 rings (SSSR count). The summed E-state index contributed by atoms with van der Waals surface area (Å²) in [6.07, 6.45) is 1.68. The van der Waals surface area contributed by atoms with E-state index in [1.165, 1.54) is 0 Å². The number of halogens is 2. The number of benzene rings is 1. The lowest BCUT2D eigenvalue weighted by Gasteiger charge is -2.15. The molecule has 1 aliphatic carbocycles. The van der Waals surface area contributed by atoms with Gasteiger partial charge in [-0.05, 0) is 53.6 Å². The topological polar surface area (TPSA) is 49.3 Å². The van der Waals surface area contributed by atoms with Crippen LogP contribution in [0.25, 0.3) is 0 Å². The molecule has 5 heteroatoms. The molecule has 0 radical (unpaired) electrons. The molecule has 86 valence electrons. The van der Waals surface area contributed by atoms with E-state index in [0.29, 0.717) is 10.6 Å². The van der Waals surface area contributed by atoms with Gasteiger partial charge in [0, 0.05) is 8.59 Å². The Hall–Kier alpha value is -0.330. The molecule has 1 saturated carbocycles. The Balaban J connectivity index is 2.17. The van der Waals surface area contributed by atoms with E-state index >= 15 is 0 Å². The minimum Gasteiger partial charge on any atom is -0.394 e. The highest BCUT2D eigenvalue weighted by atomic mass is 127. The maximum atomic E-state index is 11.9. The van der Waals surface area contributed by atoms with Gasteiger partial charge >= 0.3 is 0 Å². The first-order chi connectivity index (χ1) is 7.56. The summed E-state index contributed by atoms with van der Waals surface area (Å²) in [6.45, 7) is -0.00408. The van der Waals surface area contributed by atoms with E-state index in [9.17, 15) is 4.79 Å². The quantitative estimate of drug-likeness (QED) is 0.820. The number of carbonyl (C=O) groups is 1. The predicted octanol–water partition coefficient (Wildman–Crippen LogP) is 2.20. The van der Waals surface area contributed by atoms with Crippen LogP contribution in [0, 0.1) is 3.57 Å². The van der Waals surface area contributed by atoms with Gasteiger partial charge in [-0.15, -0.1) is 0 Å². The normalized spacial score (nSPS) is 16.9. The van der Waals surface area contributed by atoms with Crippen molar-refractivity contribution in [2.24, 2.45) is 0 Å². The highest BCUT2D eigenvalue weighted by Crippen LogP contribution is 2.35. The average Bonchev–Trinajstić information content (AvgIpc) is 3.02. The number of hydrogen-bond acceptors (Lipinski definition) is 2. The number of hydrogen-bond donors (Lipinski definition) is 2. The highest BCUT2D eigenvalue weighted by Gasteiger charge is 2.43. The van der Waals surface area contributed by atoms with E-state index in [-0.39, 0.29) is 18.1 Å². The molecule has 0 atom stereocenters. The summed E-state index contributed by atoms with van der Waals surface area (Å²) in [5.41, 5.74) is 0.176. The van der Waals surface area contributed by atoms with Gasteiger partial charge in [0.05, 0.1) is 17.7 Å². The second-order valence-electron chi connectivity index (χ2n) is 4.02. The van der Waals surface area contributed by atoms with Gasteiger partial charge in [0.1, 0.15) is 0 Å². The summed E-state index contributed by atoms with van der Waals surface area (Å²) in [7, 11) is 0. The molecule has 0 bridgehead atoms. The summed E-state index contributed by atoms with van der Waals surface area (Å²) in [5.74, 6) is -0.168. The summed E-state index contributed by atoms with van der Waals surface area (Å²) >= 11 is 7.94. The van der Waals surface area contributed by atoms with Crippen LogP contribution in [0.3, 0.4) is 0 Å². The molecule has 0 unspecified atom stereocenters. The zero-order valence-electron chi connectivity index (χ0n) is 8.46. The Morgan fingerprint density at radius 2 is 2.25 bits per heavy atom. The molecule has 1 aromatic rings. The Labute approximate surface area is 112 Å². The number of nitrogens with one attached hydrogen (secondary N) is 1. The monoisotopic (exact) mass is 351 g/mol. The van der Waals surface area contributed by atoms with Crippen molar-refractivity contribution in [2.75, 3.05) is 6.61 Å². The van der Waals surface area contributed by atoms with E-state index in [1.807, 2.05) is 0 Å². The van der Waals surface area contributed by atoms with Crippen LogP contribution in [0.5, 0.6) is 0 Å². The number of aliphatic hydroxyl groups excluding tert-OH is 1. The van der Waals surface area contributed by atoms with E-state index in [0.717, 1.165) is 16.4 Å². The van der Waals surface area contributed by atoms with Crippen LogP contribution in [-0.4, -0.2) is 23.2 Å². The fraction of sp³-hybridized carbons (Fsp3) is 0.364. The van der Waals surface area contributed by atoms with Gasteiger partial charge in [-0.1, -0.05) is 11.6 Å². The fourth-order valence-corrected chi connectivity index (χ4v) is 2.21. The van der Waals surface area contributed by atoms with Crippen LogP contribution < -0.4 is 5.32 Å². The van der Waals surface area contributed by atoms with Gasteiger partial charge < -0.3 is 10.4 Å². The molecule has 1 aliphatic rings. The molecule has 0 aromatic heterocycles. The minimum absolute atomic E-state index is 0.00408. The third kappa shape index (κ3) is 2.49. The van der Waals surface area contributed by atoms with Crippen molar-refractivity contribution in [3.8, 4) is 0 Å². The summed E-state index contributed by atoms with van der Waals surface area (Å²) < 4.78 is 0.855. The van der Waals surface area contributed by atoms with Gasteiger partial charge in [-0.25, -0.2) is 0 Å². The summed E-state index contributed by atoms with van der Waals surface area (Å²) in [6, 6.07) is 5.20. The van der Waals surface area contributed by atoms with Gasteiger partial charge in [0.25, 0.3) is 5.91 Å². The lowest BCUT2D eigenvalue weighted by molar-refractivity contribution is 0.0906. The van der Waals surface area contributed by atoms with E-state index < -0.39 is 0 Å². The molecule has 1 amide bonds. The molecule has 3 nitrogen and oxygen atoms in total.